The Morgan fingerprint density at radius 1 is 0.938 bits per heavy atom. The van der Waals surface area contributed by atoms with E-state index in [9.17, 15) is 0 Å². The number of hydrogen-bond donors (Lipinski definition) is 1. The molecule has 80 valence electrons. The maximum absolute atomic E-state index is 6.04. The van der Waals surface area contributed by atoms with Gasteiger partial charge in [0, 0.05) is 17.3 Å². The quantitative estimate of drug-likeness (QED) is 0.724. The monoisotopic (exact) mass is 229 g/mol. The van der Waals surface area contributed by atoms with E-state index in [1.54, 1.807) is 0 Å². The molecule has 1 aliphatic heterocycles. The Hall–Kier alpha value is -1.47. The second kappa shape index (κ2) is 3.84. The third-order valence-corrected chi connectivity index (χ3v) is 3.27. The molecular weight excluding hydrogens is 218 g/mol. The lowest BCUT2D eigenvalue weighted by atomic mass is 10.0. The van der Waals surface area contributed by atoms with E-state index in [1.165, 1.54) is 22.4 Å². The fraction of sp³-hybridized carbons (Fsp3) is 0.143. The number of para-hydroxylation sites is 1. The third kappa shape index (κ3) is 1.68. The van der Waals surface area contributed by atoms with Gasteiger partial charge in [-0.05, 0) is 41.3 Å². The summed E-state index contributed by atoms with van der Waals surface area (Å²) in [6, 6.07) is 14.6. The molecule has 1 heterocycles. The van der Waals surface area contributed by atoms with Crippen molar-refractivity contribution in [2.24, 2.45) is 0 Å². The molecule has 2 aromatic carbocycles. The van der Waals surface area contributed by atoms with Gasteiger partial charge in [-0.2, -0.15) is 0 Å². The maximum Gasteiger partial charge on any atom is 0.0409 e. The number of hydrogen-bond acceptors (Lipinski definition) is 1. The molecule has 2 aromatic rings. The molecule has 0 saturated heterocycles. The summed E-state index contributed by atoms with van der Waals surface area (Å²) in [5.41, 5.74) is 5.23. The molecule has 3 rings (SSSR count). The van der Waals surface area contributed by atoms with Crippen LogP contribution in [0.4, 0.5) is 5.69 Å². The summed E-state index contributed by atoms with van der Waals surface area (Å²) in [7, 11) is 0. The number of anilines is 1. The highest BCUT2D eigenvalue weighted by atomic mass is 35.5. The van der Waals surface area contributed by atoms with Gasteiger partial charge in [-0.1, -0.05) is 35.9 Å². The van der Waals surface area contributed by atoms with Crippen LogP contribution in [0.5, 0.6) is 0 Å². The first-order chi connectivity index (χ1) is 7.83. The van der Waals surface area contributed by atoms with Crippen LogP contribution < -0.4 is 5.32 Å². The molecule has 0 bridgehead atoms. The van der Waals surface area contributed by atoms with E-state index in [-0.39, 0.29) is 0 Å². The van der Waals surface area contributed by atoms with E-state index in [0.29, 0.717) is 0 Å². The summed E-state index contributed by atoms with van der Waals surface area (Å²) in [4.78, 5) is 0. The van der Waals surface area contributed by atoms with Gasteiger partial charge < -0.3 is 5.32 Å². The zero-order chi connectivity index (χ0) is 11.0. The first-order valence-electron chi connectivity index (χ1n) is 5.42. The molecule has 0 unspecified atom stereocenters. The highest BCUT2D eigenvalue weighted by Gasteiger charge is 2.11. The van der Waals surface area contributed by atoms with Crippen molar-refractivity contribution >= 4 is 17.3 Å². The topological polar surface area (TPSA) is 12.0 Å². The summed E-state index contributed by atoms with van der Waals surface area (Å²) in [6.07, 6.45) is 0.957. The van der Waals surface area contributed by atoms with Gasteiger partial charge in [0.15, 0.2) is 0 Å². The van der Waals surface area contributed by atoms with Gasteiger partial charge in [0.2, 0.25) is 0 Å². The SMILES string of the molecule is Clc1ccc2c(c1)Cc1ccccc1NC2. The molecule has 0 atom stereocenters. The molecule has 0 aromatic heterocycles. The van der Waals surface area contributed by atoms with Crippen LogP contribution in [-0.4, -0.2) is 0 Å². The minimum Gasteiger partial charge on any atom is -0.381 e. The zero-order valence-electron chi connectivity index (χ0n) is 8.83. The first kappa shape index (κ1) is 9.73. The summed E-state index contributed by atoms with van der Waals surface area (Å²) in [6.45, 7) is 0.878. The van der Waals surface area contributed by atoms with Gasteiger partial charge in [-0.15, -0.1) is 0 Å². The maximum atomic E-state index is 6.04. The Morgan fingerprint density at radius 2 is 1.81 bits per heavy atom. The van der Waals surface area contributed by atoms with Gasteiger partial charge in [0.05, 0.1) is 0 Å². The Bertz CT molecular complexity index is 534. The molecule has 0 saturated carbocycles. The van der Waals surface area contributed by atoms with Gasteiger partial charge in [-0.25, -0.2) is 0 Å². The standard InChI is InChI=1S/C14H12ClN/c15-13-6-5-11-9-16-14-4-2-1-3-10(14)7-12(11)8-13/h1-6,8,16H,7,9H2. The van der Waals surface area contributed by atoms with Crippen LogP contribution >= 0.6 is 11.6 Å². The Morgan fingerprint density at radius 3 is 2.75 bits per heavy atom. The van der Waals surface area contributed by atoms with Gasteiger partial charge in [0.25, 0.3) is 0 Å². The Kier molecular flexibility index (Phi) is 2.33. The van der Waals surface area contributed by atoms with Crippen molar-refractivity contribution in [1.82, 2.24) is 0 Å². The van der Waals surface area contributed by atoms with Crippen molar-refractivity contribution in [1.29, 1.82) is 0 Å². The highest BCUT2D eigenvalue weighted by Crippen LogP contribution is 2.27. The largest absolute Gasteiger partial charge is 0.381 e. The fourth-order valence-electron chi connectivity index (χ4n) is 2.17. The van der Waals surface area contributed by atoms with E-state index >= 15 is 0 Å². The molecule has 1 aliphatic rings. The van der Waals surface area contributed by atoms with Crippen LogP contribution in [-0.2, 0) is 13.0 Å². The van der Waals surface area contributed by atoms with Crippen LogP contribution in [0.3, 0.4) is 0 Å². The van der Waals surface area contributed by atoms with Gasteiger partial charge in [-0.3, -0.25) is 0 Å². The fourth-order valence-corrected chi connectivity index (χ4v) is 2.37. The molecular formula is C14H12ClN. The van der Waals surface area contributed by atoms with Crippen LogP contribution in [0.2, 0.25) is 5.02 Å². The lowest BCUT2D eigenvalue weighted by Gasteiger charge is -2.05. The predicted octanol–water partition coefficient (Wildman–Crippen LogP) is 3.86. The molecule has 2 heteroatoms. The summed E-state index contributed by atoms with van der Waals surface area (Å²) < 4.78 is 0. The molecule has 16 heavy (non-hydrogen) atoms. The van der Waals surface area contributed by atoms with Gasteiger partial charge >= 0.3 is 0 Å². The second-order valence-corrected chi connectivity index (χ2v) is 4.54. The molecule has 0 amide bonds. The Labute approximate surface area is 100 Å². The van der Waals surface area contributed by atoms with Crippen LogP contribution in [0, 0.1) is 0 Å². The van der Waals surface area contributed by atoms with Gasteiger partial charge in [0.1, 0.15) is 0 Å². The van der Waals surface area contributed by atoms with Crippen molar-refractivity contribution in [2.45, 2.75) is 13.0 Å². The van der Waals surface area contributed by atoms with Crippen molar-refractivity contribution in [3.8, 4) is 0 Å². The normalized spacial score (nSPS) is 13.3. The molecule has 0 spiro atoms. The molecule has 0 aliphatic carbocycles. The zero-order valence-corrected chi connectivity index (χ0v) is 9.59. The number of fused-ring (bicyclic) bond motifs is 2. The molecule has 1 N–H and O–H groups in total. The smallest absolute Gasteiger partial charge is 0.0409 e. The minimum absolute atomic E-state index is 0.818. The van der Waals surface area contributed by atoms with Crippen molar-refractivity contribution < 1.29 is 0 Å². The summed E-state index contributed by atoms with van der Waals surface area (Å²) in [5.74, 6) is 0. The van der Waals surface area contributed by atoms with E-state index in [4.69, 9.17) is 11.6 Å². The molecule has 0 fully saturated rings. The number of nitrogens with one attached hydrogen (secondary N) is 1. The lowest BCUT2D eigenvalue weighted by molar-refractivity contribution is 1.12. The van der Waals surface area contributed by atoms with Crippen LogP contribution in [0.15, 0.2) is 42.5 Å². The van der Waals surface area contributed by atoms with E-state index in [2.05, 4.69) is 41.7 Å². The van der Waals surface area contributed by atoms with Crippen molar-refractivity contribution in [2.75, 3.05) is 5.32 Å². The second-order valence-electron chi connectivity index (χ2n) is 4.10. The third-order valence-electron chi connectivity index (χ3n) is 3.04. The Balaban J connectivity index is 2.10. The van der Waals surface area contributed by atoms with E-state index in [1.807, 2.05) is 6.07 Å². The molecule has 0 radical (unpaired) electrons. The van der Waals surface area contributed by atoms with Crippen LogP contribution in [0.25, 0.3) is 0 Å². The van der Waals surface area contributed by atoms with Crippen molar-refractivity contribution in [3.63, 3.8) is 0 Å². The number of rotatable bonds is 0. The number of halogens is 1. The minimum atomic E-state index is 0.818. The average molecular weight is 230 g/mol. The van der Waals surface area contributed by atoms with Crippen LogP contribution in [0.1, 0.15) is 16.7 Å². The number of benzene rings is 2. The first-order valence-corrected chi connectivity index (χ1v) is 5.80. The average Bonchev–Trinajstić information content (AvgIpc) is 2.47. The molecule has 1 nitrogen and oxygen atoms in total. The predicted molar refractivity (Wildman–Crippen MR) is 68.0 cm³/mol. The lowest BCUT2D eigenvalue weighted by Crippen LogP contribution is -1.98. The summed E-state index contributed by atoms with van der Waals surface area (Å²) >= 11 is 6.04. The van der Waals surface area contributed by atoms with Crippen molar-refractivity contribution in [3.05, 3.63) is 64.2 Å². The summed E-state index contributed by atoms with van der Waals surface area (Å²) in [5, 5.41) is 4.28. The van der Waals surface area contributed by atoms with E-state index < -0.39 is 0 Å². The highest BCUT2D eigenvalue weighted by molar-refractivity contribution is 6.30. The van der Waals surface area contributed by atoms with E-state index in [0.717, 1.165) is 18.0 Å².